The third kappa shape index (κ3) is 3.83. The third-order valence-corrected chi connectivity index (χ3v) is 2.99. The maximum Gasteiger partial charge on any atom is 0.217 e. The van der Waals surface area contributed by atoms with Gasteiger partial charge in [-0.25, -0.2) is 0 Å². The van der Waals surface area contributed by atoms with Gasteiger partial charge in [0.25, 0.3) is 0 Å². The normalized spacial score (nSPS) is 15.8. The molecule has 0 radical (unpaired) electrons. The Bertz CT molecular complexity index is 299. The van der Waals surface area contributed by atoms with Crippen LogP contribution in [0.25, 0.3) is 0 Å². The van der Waals surface area contributed by atoms with Crippen molar-refractivity contribution in [2.45, 2.75) is 31.7 Å². The van der Waals surface area contributed by atoms with E-state index in [4.69, 9.17) is 4.42 Å². The molecule has 0 atom stereocenters. The lowest BCUT2D eigenvalue weighted by Crippen LogP contribution is -2.19. The van der Waals surface area contributed by atoms with Crippen LogP contribution in [0, 0.1) is 0 Å². The molecule has 1 N–H and O–H groups in total. The highest BCUT2D eigenvalue weighted by Crippen LogP contribution is 2.18. The maximum absolute atomic E-state index is 5.51. The van der Waals surface area contributed by atoms with Crippen molar-refractivity contribution in [1.29, 1.82) is 0 Å². The van der Waals surface area contributed by atoms with Crippen LogP contribution in [0.3, 0.4) is 0 Å². The van der Waals surface area contributed by atoms with Crippen molar-refractivity contribution >= 4 is 11.8 Å². The molecular formula is C10H17N3OS. The lowest BCUT2D eigenvalue weighted by molar-refractivity contribution is 0.448. The van der Waals surface area contributed by atoms with Gasteiger partial charge in [0.15, 0.2) is 0 Å². The van der Waals surface area contributed by atoms with Gasteiger partial charge < -0.3 is 9.73 Å². The van der Waals surface area contributed by atoms with E-state index in [0.29, 0.717) is 0 Å². The first kappa shape index (κ1) is 11.0. The zero-order valence-corrected chi connectivity index (χ0v) is 9.85. The minimum Gasteiger partial charge on any atom is -0.425 e. The van der Waals surface area contributed by atoms with Crippen LogP contribution in [0.1, 0.15) is 24.6 Å². The number of nitrogens with one attached hydrogen (secondary N) is 1. The quantitative estimate of drug-likeness (QED) is 0.760. The predicted molar refractivity (Wildman–Crippen MR) is 61.1 cm³/mol. The summed E-state index contributed by atoms with van der Waals surface area (Å²) in [5.74, 6) is 2.58. The number of nitrogens with zero attached hydrogens (tertiary/aromatic N) is 2. The number of aromatic nitrogens is 2. The van der Waals surface area contributed by atoms with E-state index in [1.807, 2.05) is 0 Å². The van der Waals surface area contributed by atoms with Gasteiger partial charge in [-0.15, -0.1) is 10.2 Å². The van der Waals surface area contributed by atoms with Gasteiger partial charge in [-0.3, -0.25) is 0 Å². The highest BCUT2D eigenvalue weighted by atomic mass is 32.2. The molecule has 1 fully saturated rings. The molecule has 5 heteroatoms. The van der Waals surface area contributed by atoms with Gasteiger partial charge in [0.2, 0.25) is 11.8 Å². The molecule has 1 aromatic rings. The van der Waals surface area contributed by atoms with Crippen LogP contribution in [-0.4, -0.2) is 34.8 Å². The molecule has 0 aromatic carbocycles. The van der Waals surface area contributed by atoms with E-state index in [1.165, 1.54) is 12.8 Å². The molecule has 1 aliphatic carbocycles. The zero-order chi connectivity index (χ0) is 10.5. The van der Waals surface area contributed by atoms with Crippen LogP contribution < -0.4 is 5.32 Å². The first-order chi connectivity index (χ1) is 7.38. The Labute approximate surface area is 94.2 Å². The van der Waals surface area contributed by atoms with Crippen molar-refractivity contribution < 1.29 is 4.42 Å². The smallest absolute Gasteiger partial charge is 0.217 e. The number of thioether (sulfide) groups is 1. The summed E-state index contributed by atoms with van der Waals surface area (Å²) in [6, 6.07) is 0.754. The highest BCUT2D eigenvalue weighted by Gasteiger charge is 2.20. The van der Waals surface area contributed by atoms with Crippen molar-refractivity contribution in [3.8, 4) is 0 Å². The maximum atomic E-state index is 5.51. The fourth-order valence-corrected chi connectivity index (χ4v) is 1.73. The molecule has 1 heterocycles. The van der Waals surface area contributed by atoms with Crippen molar-refractivity contribution in [3.05, 3.63) is 11.8 Å². The molecule has 1 aromatic heterocycles. The first-order valence-electron chi connectivity index (χ1n) is 5.42. The summed E-state index contributed by atoms with van der Waals surface area (Å²) in [6.07, 6.45) is 6.45. The molecular weight excluding hydrogens is 210 g/mol. The van der Waals surface area contributed by atoms with Crippen molar-refractivity contribution in [2.24, 2.45) is 0 Å². The summed E-state index contributed by atoms with van der Waals surface area (Å²) in [6.45, 7) is 0.953. The fourth-order valence-electron chi connectivity index (χ4n) is 1.35. The van der Waals surface area contributed by atoms with E-state index in [9.17, 15) is 0 Å². The first-order valence-corrected chi connectivity index (χ1v) is 6.81. The van der Waals surface area contributed by atoms with Gasteiger partial charge in [0.05, 0.1) is 0 Å². The van der Waals surface area contributed by atoms with Crippen LogP contribution in [0.4, 0.5) is 0 Å². The summed E-state index contributed by atoms with van der Waals surface area (Å²) in [4.78, 5) is 0. The Balaban J connectivity index is 1.68. The monoisotopic (exact) mass is 227 g/mol. The van der Waals surface area contributed by atoms with Crippen molar-refractivity contribution in [3.63, 3.8) is 0 Å². The van der Waals surface area contributed by atoms with E-state index in [-0.39, 0.29) is 0 Å². The van der Waals surface area contributed by atoms with E-state index in [0.717, 1.165) is 43.0 Å². The number of aryl methyl sites for hydroxylation is 1. The summed E-state index contributed by atoms with van der Waals surface area (Å²) >= 11 is 1.80. The fraction of sp³-hybridized carbons (Fsp3) is 0.800. The van der Waals surface area contributed by atoms with Gasteiger partial charge in [-0.05, 0) is 19.1 Å². The molecule has 0 aliphatic heterocycles. The minimum atomic E-state index is 0.754. The standard InChI is InChI=1S/C10H17N3OS/c1-15-7-5-10-13-12-9(14-10)4-6-11-8-2-3-8/h8,11H,2-7H2,1H3. The molecule has 0 saturated heterocycles. The number of hydrogen-bond acceptors (Lipinski definition) is 5. The summed E-state index contributed by atoms with van der Waals surface area (Å²) in [5, 5.41) is 11.5. The Morgan fingerprint density at radius 3 is 2.73 bits per heavy atom. The van der Waals surface area contributed by atoms with E-state index < -0.39 is 0 Å². The van der Waals surface area contributed by atoms with Gasteiger partial charge in [0, 0.05) is 31.2 Å². The Hall–Kier alpha value is -0.550. The second kappa shape index (κ2) is 5.51. The van der Waals surface area contributed by atoms with Crippen LogP contribution in [-0.2, 0) is 12.8 Å². The Morgan fingerprint density at radius 2 is 2.07 bits per heavy atom. The largest absolute Gasteiger partial charge is 0.425 e. The SMILES string of the molecule is CSCCc1nnc(CCNC2CC2)o1. The van der Waals surface area contributed by atoms with Crippen molar-refractivity contribution in [2.75, 3.05) is 18.6 Å². The molecule has 0 amide bonds. The molecule has 84 valence electrons. The lowest BCUT2D eigenvalue weighted by atomic mass is 10.4. The van der Waals surface area contributed by atoms with E-state index >= 15 is 0 Å². The Morgan fingerprint density at radius 1 is 1.33 bits per heavy atom. The summed E-state index contributed by atoms with van der Waals surface area (Å²) in [7, 11) is 0. The van der Waals surface area contributed by atoms with Gasteiger partial charge in [-0.1, -0.05) is 0 Å². The lowest BCUT2D eigenvalue weighted by Gasteiger charge is -1.97. The molecule has 0 bridgehead atoms. The average molecular weight is 227 g/mol. The van der Waals surface area contributed by atoms with Crippen LogP contribution in [0.5, 0.6) is 0 Å². The van der Waals surface area contributed by atoms with Crippen LogP contribution in [0.15, 0.2) is 4.42 Å². The van der Waals surface area contributed by atoms with Crippen molar-refractivity contribution in [1.82, 2.24) is 15.5 Å². The van der Waals surface area contributed by atoms with Crippen LogP contribution in [0.2, 0.25) is 0 Å². The van der Waals surface area contributed by atoms with Gasteiger partial charge >= 0.3 is 0 Å². The predicted octanol–water partition coefficient (Wildman–Crippen LogP) is 1.27. The molecule has 1 aliphatic rings. The zero-order valence-electron chi connectivity index (χ0n) is 9.03. The van der Waals surface area contributed by atoms with Gasteiger partial charge in [-0.2, -0.15) is 11.8 Å². The van der Waals surface area contributed by atoms with E-state index in [1.54, 1.807) is 11.8 Å². The molecule has 0 spiro atoms. The topological polar surface area (TPSA) is 51.0 Å². The van der Waals surface area contributed by atoms with Gasteiger partial charge in [0.1, 0.15) is 0 Å². The average Bonchev–Trinajstić information content (AvgIpc) is 2.95. The molecule has 1 saturated carbocycles. The second-order valence-corrected chi connectivity index (χ2v) is 4.80. The summed E-state index contributed by atoms with van der Waals surface area (Å²) < 4.78 is 5.51. The summed E-state index contributed by atoms with van der Waals surface area (Å²) in [5.41, 5.74) is 0. The molecule has 15 heavy (non-hydrogen) atoms. The van der Waals surface area contributed by atoms with E-state index in [2.05, 4.69) is 21.8 Å². The molecule has 4 nitrogen and oxygen atoms in total. The Kier molecular flexibility index (Phi) is 4.02. The third-order valence-electron chi connectivity index (χ3n) is 2.38. The number of rotatable bonds is 7. The second-order valence-electron chi connectivity index (χ2n) is 3.81. The molecule has 2 rings (SSSR count). The number of hydrogen-bond donors (Lipinski definition) is 1. The minimum absolute atomic E-state index is 0.754. The highest BCUT2D eigenvalue weighted by molar-refractivity contribution is 7.98. The van der Waals surface area contributed by atoms with Crippen LogP contribution >= 0.6 is 11.8 Å². The molecule has 0 unspecified atom stereocenters.